The summed E-state index contributed by atoms with van der Waals surface area (Å²) in [6.45, 7) is 2.43. The molecule has 2 aromatic rings. The van der Waals surface area contributed by atoms with Crippen LogP contribution in [-0.2, 0) is 11.0 Å². The fourth-order valence-corrected chi connectivity index (χ4v) is 2.87. The summed E-state index contributed by atoms with van der Waals surface area (Å²) >= 11 is 0. The molecule has 2 heterocycles. The molecule has 7 heteroatoms. The van der Waals surface area contributed by atoms with Gasteiger partial charge in [-0.2, -0.15) is 13.2 Å². The van der Waals surface area contributed by atoms with Crippen LogP contribution in [0.15, 0.2) is 54.2 Å². The minimum atomic E-state index is -4.46. The van der Waals surface area contributed by atoms with E-state index in [4.69, 9.17) is 0 Å². The molecule has 0 spiro atoms. The van der Waals surface area contributed by atoms with Crippen LogP contribution < -0.4 is 10.2 Å². The van der Waals surface area contributed by atoms with Crippen LogP contribution in [0.1, 0.15) is 17.5 Å². The molecule has 0 saturated carbocycles. The number of amides is 1. The Balaban J connectivity index is 1.72. The summed E-state index contributed by atoms with van der Waals surface area (Å²) in [6, 6.07) is 9.72. The number of nitrogens with one attached hydrogen (secondary N) is 1. The second kappa shape index (κ2) is 7.19. The number of aromatic nitrogens is 1. The lowest BCUT2D eigenvalue weighted by atomic mass is 10.1. The van der Waals surface area contributed by atoms with Crippen molar-refractivity contribution in [1.82, 2.24) is 4.98 Å². The van der Waals surface area contributed by atoms with Crippen LogP contribution in [0.4, 0.5) is 24.7 Å². The second-order valence-corrected chi connectivity index (χ2v) is 6.12. The summed E-state index contributed by atoms with van der Waals surface area (Å²) in [7, 11) is 0. The topological polar surface area (TPSA) is 45.2 Å². The van der Waals surface area contributed by atoms with Gasteiger partial charge in [-0.1, -0.05) is 18.2 Å². The van der Waals surface area contributed by atoms with Crippen molar-refractivity contribution in [3.63, 3.8) is 0 Å². The number of pyridine rings is 1. The maximum atomic E-state index is 13.1. The van der Waals surface area contributed by atoms with Crippen LogP contribution in [0.2, 0.25) is 0 Å². The molecule has 136 valence electrons. The predicted molar refractivity (Wildman–Crippen MR) is 94.0 cm³/mol. The number of hydrogen-bond acceptors (Lipinski definition) is 3. The van der Waals surface area contributed by atoms with E-state index in [0.717, 1.165) is 11.6 Å². The van der Waals surface area contributed by atoms with Gasteiger partial charge in [0.1, 0.15) is 5.82 Å². The van der Waals surface area contributed by atoms with Gasteiger partial charge in [0.05, 0.1) is 5.56 Å². The van der Waals surface area contributed by atoms with Crippen LogP contribution in [0.5, 0.6) is 0 Å². The molecule has 0 aliphatic carbocycles. The van der Waals surface area contributed by atoms with Gasteiger partial charge < -0.3 is 10.2 Å². The second-order valence-electron chi connectivity index (χ2n) is 6.12. The Hall–Kier alpha value is -2.83. The molecule has 0 saturated heterocycles. The van der Waals surface area contributed by atoms with Crippen LogP contribution >= 0.6 is 0 Å². The number of halogens is 3. The van der Waals surface area contributed by atoms with E-state index in [1.54, 1.807) is 12.1 Å². The molecule has 0 atom stereocenters. The molecule has 0 radical (unpaired) electrons. The molecule has 1 aliphatic rings. The van der Waals surface area contributed by atoms with Crippen molar-refractivity contribution in [3.8, 4) is 0 Å². The summed E-state index contributed by atoms with van der Waals surface area (Å²) in [6.07, 6.45) is -1.11. The molecule has 1 aromatic heterocycles. The Labute approximate surface area is 149 Å². The lowest BCUT2D eigenvalue weighted by Crippen LogP contribution is -2.33. The van der Waals surface area contributed by atoms with Crippen LogP contribution in [0, 0.1) is 6.92 Å². The minimum absolute atomic E-state index is 0.102. The van der Waals surface area contributed by atoms with Crippen molar-refractivity contribution in [2.45, 2.75) is 19.5 Å². The highest BCUT2D eigenvalue weighted by Crippen LogP contribution is 2.35. The van der Waals surface area contributed by atoms with E-state index in [1.165, 1.54) is 17.2 Å². The molecule has 1 N–H and O–H groups in total. The number of carbonyl (C=O) groups excluding carboxylic acids is 1. The molecule has 0 bridgehead atoms. The summed E-state index contributed by atoms with van der Waals surface area (Å²) in [5.74, 6) is -0.332. The van der Waals surface area contributed by atoms with E-state index >= 15 is 0 Å². The highest BCUT2D eigenvalue weighted by atomic mass is 19.4. The highest BCUT2D eigenvalue weighted by molar-refractivity contribution is 6.04. The van der Waals surface area contributed by atoms with Crippen LogP contribution in [-0.4, -0.2) is 24.0 Å². The molecular formula is C19H18F3N3O. The number of hydrogen-bond donors (Lipinski definition) is 1. The van der Waals surface area contributed by atoms with Crippen molar-refractivity contribution < 1.29 is 18.0 Å². The molecule has 1 aliphatic heterocycles. The standard InChI is InChI=1S/C19H18F3N3O/c1-13-4-2-5-15(12-13)24-18(26)14-7-10-25(11-8-14)17-16(19(20,21)22)6-3-9-23-17/h2-7,9,12H,8,10-11H2,1H3,(H,24,26). The molecule has 1 aromatic carbocycles. The van der Waals surface area contributed by atoms with Crippen LogP contribution in [0.25, 0.3) is 0 Å². The van der Waals surface area contributed by atoms with E-state index in [2.05, 4.69) is 10.3 Å². The lowest BCUT2D eigenvalue weighted by Gasteiger charge is -2.29. The van der Waals surface area contributed by atoms with E-state index in [9.17, 15) is 18.0 Å². The molecule has 1 amide bonds. The van der Waals surface area contributed by atoms with Gasteiger partial charge in [0.15, 0.2) is 0 Å². The largest absolute Gasteiger partial charge is 0.419 e. The first-order valence-electron chi connectivity index (χ1n) is 8.19. The molecule has 0 fully saturated rings. The third-order valence-corrected chi connectivity index (χ3v) is 4.17. The lowest BCUT2D eigenvalue weighted by molar-refractivity contribution is -0.137. The van der Waals surface area contributed by atoms with Crippen LogP contribution in [0.3, 0.4) is 0 Å². The molecule has 0 unspecified atom stereocenters. The number of carbonyl (C=O) groups is 1. The fraction of sp³-hybridized carbons (Fsp3) is 0.263. The van der Waals surface area contributed by atoms with E-state index < -0.39 is 11.7 Å². The Morgan fingerprint density at radius 2 is 2.04 bits per heavy atom. The zero-order valence-corrected chi connectivity index (χ0v) is 14.2. The Kier molecular flexibility index (Phi) is 4.97. The van der Waals surface area contributed by atoms with Gasteiger partial charge in [0.2, 0.25) is 0 Å². The van der Waals surface area contributed by atoms with Crippen molar-refractivity contribution in [2.24, 2.45) is 0 Å². The summed E-state index contributed by atoms with van der Waals surface area (Å²) < 4.78 is 39.4. The fourth-order valence-electron chi connectivity index (χ4n) is 2.87. The maximum Gasteiger partial charge on any atom is 0.419 e. The first-order valence-corrected chi connectivity index (χ1v) is 8.19. The Morgan fingerprint density at radius 1 is 1.23 bits per heavy atom. The quantitative estimate of drug-likeness (QED) is 0.892. The van der Waals surface area contributed by atoms with Crippen molar-refractivity contribution in [3.05, 3.63) is 65.4 Å². The number of anilines is 2. The average molecular weight is 361 g/mol. The van der Waals surface area contributed by atoms with E-state index in [-0.39, 0.29) is 18.3 Å². The van der Waals surface area contributed by atoms with E-state index in [1.807, 2.05) is 25.1 Å². The number of aryl methyl sites for hydroxylation is 1. The minimum Gasteiger partial charge on any atom is -0.352 e. The number of rotatable bonds is 3. The zero-order chi connectivity index (χ0) is 18.7. The maximum absolute atomic E-state index is 13.1. The van der Waals surface area contributed by atoms with Crippen molar-refractivity contribution in [2.75, 3.05) is 23.3 Å². The Morgan fingerprint density at radius 3 is 2.69 bits per heavy atom. The Bertz CT molecular complexity index is 846. The van der Waals surface area contributed by atoms with E-state index in [0.29, 0.717) is 24.2 Å². The number of benzene rings is 1. The monoisotopic (exact) mass is 361 g/mol. The first kappa shape index (κ1) is 18.0. The van der Waals surface area contributed by atoms with Crippen molar-refractivity contribution in [1.29, 1.82) is 0 Å². The van der Waals surface area contributed by atoms with Gasteiger partial charge in [-0.15, -0.1) is 0 Å². The smallest absolute Gasteiger partial charge is 0.352 e. The summed E-state index contributed by atoms with van der Waals surface area (Å²) in [4.78, 5) is 17.8. The molecular weight excluding hydrogens is 343 g/mol. The predicted octanol–water partition coefficient (Wildman–Crippen LogP) is 4.18. The molecule has 3 rings (SSSR count). The molecule has 4 nitrogen and oxygen atoms in total. The number of alkyl halides is 3. The zero-order valence-electron chi connectivity index (χ0n) is 14.2. The van der Waals surface area contributed by atoms with Gasteiger partial charge in [-0.05, 0) is 43.2 Å². The molecule has 26 heavy (non-hydrogen) atoms. The average Bonchev–Trinajstić information content (AvgIpc) is 2.61. The van der Waals surface area contributed by atoms with Gasteiger partial charge in [0, 0.05) is 30.5 Å². The first-order chi connectivity index (χ1) is 12.3. The third-order valence-electron chi connectivity index (χ3n) is 4.17. The van der Waals surface area contributed by atoms with Crippen molar-refractivity contribution >= 4 is 17.4 Å². The van der Waals surface area contributed by atoms with Gasteiger partial charge in [-0.25, -0.2) is 4.98 Å². The highest BCUT2D eigenvalue weighted by Gasteiger charge is 2.36. The van der Waals surface area contributed by atoms with Gasteiger partial charge in [-0.3, -0.25) is 4.79 Å². The third kappa shape index (κ3) is 4.04. The van der Waals surface area contributed by atoms with Gasteiger partial charge in [0.25, 0.3) is 5.91 Å². The summed E-state index contributed by atoms with van der Waals surface area (Å²) in [5, 5.41) is 2.82. The normalized spacial score (nSPS) is 14.8. The van der Waals surface area contributed by atoms with Gasteiger partial charge >= 0.3 is 6.18 Å². The SMILES string of the molecule is Cc1cccc(NC(=O)C2=CCN(c3ncccc3C(F)(F)F)CC2)c1. The number of nitrogens with zero attached hydrogens (tertiary/aromatic N) is 2. The summed E-state index contributed by atoms with van der Waals surface area (Å²) in [5.41, 5.74) is 1.53.